The lowest BCUT2D eigenvalue weighted by Crippen LogP contribution is -2.29. The SMILES string of the molecule is COc1ccc(S(=O)(=O)NCCCN2CCc3ccccc32)cc1Br. The number of hydrogen-bond donors (Lipinski definition) is 1. The zero-order valence-corrected chi connectivity index (χ0v) is 16.4. The molecule has 7 heteroatoms. The molecule has 1 aliphatic rings. The summed E-state index contributed by atoms with van der Waals surface area (Å²) in [7, 11) is -1.97. The first-order valence-electron chi connectivity index (χ1n) is 8.17. The molecule has 3 rings (SSSR count). The van der Waals surface area contributed by atoms with Gasteiger partial charge in [-0.05, 0) is 58.6 Å². The molecule has 0 saturated heterocycles. The van der Waals surface area contributed by atoms with Gasteiger partial charge in [-0.25, -0.2) is 13.1 Å². The fourth-order valence-corrected chi connectivity index (χ4v) is 4.81. The molecule has 1 heterocycles. The predicted octanol–water partition coefficient (Wildman–Crippen LogP) is 3.19. The van der Waals surface area contributed by atoms with E-state index in [1.807, 2.05) is 6.07 Å². The normalized spacial score (nSPS) is 13.8. The lowest BCUT2D eigenvalue weighted by atomic mass is 10.2. The first-order valence-corrected chi connectivity index (χ1v) is 10.4. The van der Waals surface area contributed by atoms with Crippen molar-refractivity contribution in [1.29, 1.82) is 0 Å². The van der Waals surface area contributed by atoms with Crippen molar-refractivity contribution >= 4 is 31.6 Å². The maximum absolute atomic E-state index is 12.4. The predicted molar refractivity (Wildman–Crippen MR) is 103 cm³/mol. The fraction of sp³-hybridized carbons (Fsp3) is 0.333. The number of fused-ring (bicyclic) bond motifs is 1. The third-order valence-electron chi connectivity index (χ3n) is 4.31. The number of benzene rings is 2. The van der Waals surface area contributed by atoms with Crippen molar-refractivity contribution in [3.8, 4) is 5.75 Å². The number of hydrogen-bond acceptors (Lipinski definition) is 4. The monoisotopic (exact) mass is 424 g/mol. The van der Waals surface area contributed by atoms with Crippen LogP contribution in [0, 0.1) is 0 Å². The van der Waals surface area contributed by atoms with Crippen LogP contribution in [0.3, 0.4) is 0 Å². The lowest BCUT2D eigenvalue weighted by Gasteiger charge is -2.19. The van der Waals surface area contributed by atoms with E-state index in [9.17, 15) is 8.42 Å². The zero-order valence-electron chi connectivity index (χ0n) is 14.0. The molecular formula is C18H21BrN2O3S. The molecule has 1 N–H and O–H groups in total. The van der Waals surface area contributed by atoms with E-state index in [0.29, 0.717) is 16.8 Å². The van der Waals surface area contributed by atoms with Crippen LogP contribution in [-0.2, 0) is 16.4 Å². The maximum Gasteiger partial charge on any atom is 0.240 e. The number of anilines is 1. The standard InChI is InChI=1S/C18H21BrN2O3S/c1-24-18-8-7-15(13-16(18)19)25(22,23)20-10-4-11-21-12-9-14-5-2-3-6-17(14)21/h2-3,5-8,13,20H,4,9-12H2,1H3. The summed E-state index contributed by atoms with van der Waals surface area (Å²) < 4.78 is 33.2. The van der Waals surface area contributed by atoms with Crippen molar-refractivity contribution in [2.75, 3.05) is 31.6 Å². The number of nitrogens with one attached hydrogen (secondary N) is 1. The Balaban J connectivity index is 1.54. The van der Waals surface area contributed by atoms with Crippen LogP contribution in [0.4, 0.5) is 5.69 Å². The average Bonchev–Trinajstić information content (AvgIpc) is 3.02. The second-order valence-electron chi connectivity index (χ2n) is 5.91. The highest BCUT2D eigenvalue weighted by atomic mass is 79.9. The number of methoxy groups -OCH3 is 1. The Bertz CT molecular complexity index is 855. The van der Waals surface area contributed by atoms with Crippen LogP contribution in [-0.4, -0.2) is 35.2 Å². The molecule has 0 spiro atoms. The summed E-state index contributed by atoms with van der Waals surface area (Å²) in [5, 5.41) is 0. The van der Waals surface area contributed by atoms with Gasteiger partial charge in [-0.2, -0.15) is 0 Å². The minimum absolute atomic E-state index is 0.228. The Morgan fingerprint density at radius 3 is 2.80 bits per heavy atom. The average molecular weight is 425 g/mol. The Morgan fingerprint density at radius 1 is 1.24 bits per heavy atom. The van der Waals surface area contributed by atoms with Crippen LogP contribution in [0.5, 0.6) is 5.75 Å². The van der Waals surface area contributed by atoms with Crippen LogP contribution in [0.1, 0.15) is 12.0 Å². The molecule has 2 aromatic rings. The van der Waals surface area contributed by atoms with E-state index >= 15 is 0 Å². The van der Waals surface area contributed by atoms with Crippen LogP contribution in [0.15, 0.2) is 51.8 Å². The highest BCUT2D eigenvalue weighted by Gasteiger charge is 2.19. The summed E-state index contributed by atoms with van der Waals surface area (Å²) in [5.41, 5.74) is 2.63. The molecule has 0 radical (unpaired) electrons. The molecular weight excluding hydrogens is 404 g/mol. The van der Waals surface area contributed by atoms with Gasteiger partial charge in [0.1, 0.15) is 5.75 Å². The quantitative estimate of drug-likeness (QED) is 0.693. The molecule has 2 aromatic carbocycles. The summed E-state index contributed by atoms with van der Waals surface area (Å²) in [6.07, 6.45) is 1.81. The molecule has 0 bridgehead atoms. The molecule has 134 valence electrons. The van der Waals surface area contributed by atoms with Crippen molar-refractivity contribution in [3.63, 3.8) is 0 Å². The van der Waals surface area contributed by atoms with E-state index in [4.69, 9.17) is 4.74 Å². The van der Waals surface area contributed by atoms with E-state index in [1.54, 1.807) is 25.3 Å². The maximum atomic E-state index is 12.4. The second kappa shape index (κ2) is 7.76. The summed E-state index contributed by atoms with van der Waals surface area (Å²) >= 11 is 3.32. The van der Waals surface area contributed by atoms with E-state index in [-0.39, 0.29) is 4.90 Å². The third kappa shape index (κ3) is 4.16. The van der Waals surface area contributed by atoms with Gasteiger partial charge in [0.05, 0.1) is 16.5 Å². The summed E-state index contributed by atoms with van der Waals surface area (Å²) in [6.45, 7) is 2.24. The highest BCUT2D eigenvalue weighted by Crippen LogP contribution is 2.28. The lowest BCUT2D eigenvalue weighted by molar-refractivity contribution is 0.411. The van der Waals surface area contributed by atoms with Gasteiger partial charge in [-0.1, -0.05) is 18.2 Å². The highest BCUT2D eigenvalue weighted by molar-refractivity contribution is 9.10. The van der Waals surface area contributed by atoms with E-state index in [1.165, 1.54) is 11.3 Å². The first-order chi connectivity index (χ1) is 12.0. The molecule has 0 unspecified atom stereocenters. The Kier molecular flexibility index (Phi) is 5.66. The van der Waals surface area contributed by atoms with Crippen molar-refractivity contribution in [3.05, 3.63) is 52.5 Å². The fourth-order valence-electron chi connectivity index (χ4n) is 3.01. The Hall–Kier alpha value is -1.57. The van der Waals surface area contributed by atoms with Gasteiger partial charge in [-0.15, -0.1) is 0 Å². The van der Waals surface area contributed by atoms with E-state index in [0.717, 1.165) is 25.9 Å². The van der Waals surface area contributed by atoms with Gasteiger partial charge in [0.2, 0.25) is 10.0 Å². The number of rotatable bonds is 7. The van der Waals surface area contributed by atoms with Gasteiger partial charge in [0.15, 0.2) is 0 Å². The van der Waals surface area contributed by atoms with Crippen molar-refractivity contribution in [2.45, 2.75) is 17.7 Å². The number of ether oxygens (including phenoxy) is 1. The molecule has 0 atom stereocenters. The summed E-state index contributed by atoms with van der Waals surface area (Å²) in [6, 6.07) is 13.1. The number of halogens is 1. The van der Waals surface area contributed by atoms with Crippen LogP contribution in [0.25, 0.3) is 0 Å². The number of sulfonamides is 1. The molecule has 1 aliphatic heterocycles. The minimum Gasteiger partial charge on any atom is -0.496 e. The zero-order chi connectivity index (χ0) is 17.9. The minimum atomic E-state index is -3.52. The first kappa shape index (κ1) is 18.2. The van der Waals surface area contributed by atoms with E-state index in [2.05, 4.69) is 43.8 Å². The van der Waals surface area contributed by atoms with Crippen molar-refractivity contribution < 1.29 is 13.2 Å². The smallest absolute Gasteiger partial charge is 0.240 e. The van der Waals surface area contributed by atoms with Gasteiger partial charge in [-0.3, -0.25) is 0 Å². The summed E-state index contributed by atoms with van der Waals surface area (Å²) in [5.74, 6) is 0.603. The molecule has 5 nitrogen and oxygen atoms in total. The molecule has 0 amide bonds. The van der Waals surface area contributed by atoms with Crippen LogP contribution >= 0.6 is 15.9 Å². The third-order valence-corrected chi connectivity index (χ3v) is 6.39. The van der Waals surface area contributed by atoms with Gasteiger partial charge < -0.3 is 9.64 Å². The summed E-state index contributed by atoms with van der Waals surface area (Å²) in [4.78, 5) is 2.54. The van der Waals surface area contributed by atoms with Gasteiger partial charge >= 0.3 is 0 Å². The van der Waals surface area contributed by atoms with E-state index < -0.39 is 10.0 Å². The topological polar surface area (TPSA) is 58.6 Å². The van der Waals surface area contributed by atoms with Crippen LogP contribution < -0.4 is 14.4 Å². The number of nitrogens with zero attached hydrogens (tertiary/aromatic N) is 1. The molecule has 25 heavy (non-hydrogen) atoms. The largest absolute Gasteiger partial charge is 0.496 e. The van der Waals surface area contributed by atoms with Crippen molar-refractivity contribution in [1.82, 2.24) is 4.72 Å². The second-order valence-corrected chi connectivity index (χ2v) is 8.53. The molecule has 0 saturated carbocycles. The molecule has 0 fully saturated rings. The van der Waals surface area contributed by atoms with Gasteiger partial charge in [0.25, 0.3) is 0 Å². The number of para-hydroxylation sites is 1. The van der Waals surface area contributed by atoms with Crippen molar-refractivity contribution in [2.24, 2.45) is 0 Å². The Morgan fingerprint density at radius 2 is 2.04 bits per heavy atom. The molecule has 0 aromatic heterocycles. The molecule has 0 aliphatic carbocycles. The van der Waals surface area contributed by atoms with Crippen LogP contribution in [0.2, 0.25) is 0 Å². The Labute approximate surface area is 157 Å². The van der Waals surface area contributed by atoms with Gasteiger partial charge in [0, 0.05) is 25.3 Å².